The lowest BCUT2D eigenvalue weighted by atomic mass is 9.77. The van der Waals surface area contributed by atoms with Crippen LogP contribution in [0, 0.1) is 17.8 Å². The minimum Gasteiger partial charge on any atom is -0.302 e. The van der Waals surface area contributed by atoms with Crippen LogP contribution in [-0.4, -0.2) is 11.8 Å². The standard InChI is InChI=1S/C17H30N2/c1-11(2)14-7-6-8-16-15(10-9-14)13(5)18-19-17(16)12(3)4/h11-12,14,17,19H,6-10H2,1-5H3. The second kappa shape index (κ2) is 6.11. The highest BCUT2D eigenvalue weighted by Gasteiger charge is 2.28. The highest BCUT2D eigenvalue weighted by Crippen LogP contribution is 2.35. The smallest absolute Gasteiger partial charge is 0.0678 e. The summed E-state index contributed by atoms with van der Waals surface area (Å²) in [6.07, 6.45) is 6.59. The zero-order chi connectivity index (χ0) is 14.0. The lowest BCUT2D eigenvalue weighted by Gasteiger charge is -2.34. The van der Waals surface area contributed by atoms with Crippen LogP contribution in [0.3, 0.4) is 0 Å². The van der Waals surface area contributed by atoms with Gasteiger partial charge in [-0.3, -0.25) is 0 Å². The molecule has 0 spiro atoms. The molecule has 0 fully saturated rings. The SMILES string of the molecule is CC1=NNC(C(C)C)C2=C1CCC(C(C)C)CCC2. The van der Waals surface area contributed by atoms with Gasteiger partial charge in [0.05, 0.1) is 11.8 Å². The predicted molar refractivity (Wildman–Crippen MR) is 83.3 cm³/mol. The summed E-state index contributed by atoms with van der Waals surface area (Å²) in [6, 6.07) is 0.467. The van der Waals surface area contributed by atoms with Gasteiger partial charge in [0.1, 0.15) is 0 Å². The monoisotopic (exact) mass is 262 g/mol. The van der Waals surface area contributed by atoms with Crippen LogP contribution < -0.4 is 5.43 Å². The normalized spacial score (nSPS) is 28.7. The van der Waals surface area contributed by atoms with Gasteiger partial charge in [0.25, 0.3) is 0 Å². The molecule has 0 amide bonds. The minimum atomic E-state index is 0.467. The van der Waals surface area contributed by atoms with Crippen molar-refractivity contribution in [1.29, 1.82) is 0 Å². The van der Waals surface area contributed by atoms with Crippen molar-refractivity contribution in [1.82, 2.24) is 5.43 Å². The third-order valence-electron chi connectivity index (χ3n) is 4.97. The molecule has 0 bridgehead atoms. The van der Waals surface area contributed by atoms with Crippen LogP contribution in [0.2, 0.25) is 0 Å². The maximum Gasteiger partial charge on any atom is 0.0678 e. The van der Waals surface area contributed by atoms with E-state index in [-0.39, 0.29) is 0 Å². The first-order chi connectivity index (χ1) is 9.00. The van der Waals surface area contributed by atoms with Crippen molar-refractivity contribution in [2.45, 2.75) is 72.8 Å². The molecule has 0 aromatic heterocycles. The highest BCUT2D eigenvalue weighted by molar-refractivity contribution is 5.99. The molecule has 2 unspecified atom stereocenters. The molecule has 0 saturated carbocycles. The van der Waals surface area contributed by atoms with E-state index in [2.05, 4.69) is 45.1 Å². The molecular formula is C17H30N2. The second-order valence-electron chi connectivity index (χ2n) is 6.99. The first-order valence-corrected chi connectivity index (χ1v) is 8.02. The lowest BCUT2D eigenvalue weighted by Crippen LogP contribution is -2.38. The maximum absolute atomic E-state index is 4.57. The van der Waals surface area contributed by atoms with Crippen LogP contribution in [0.5, 0.6) is 0 Å². The van der Waals surface area contributed by atoms with Crippen molar-refractivity contribution in [3.05, 3.63) is 11.1 Å². The molecule has 0 aromatic rings. The number of nitrogens with zero attached hydrogens (tertiary/aromatic N) is 1. The third kappa shape index (κ3) is 3.21. The van der Waals surface area contributed by atoms with Crippen molar-refractivity contribution in [2.75, 3.05) is 0 Å². The summed E-state index contributed by atoms with van der Waals surface area (Å²) in [5, 5.41) is 4.57. The van der Waals surface area contributed by atoms with Gasteiger partial charge in [-0.2, -0.15) is 5.10 Å². The van der Waals surface area contributed by atoms with Crippen molar-refractivity contribution >= 4 is 5.71 Å². The molecule has 2 rings (SSSR count). The summed E-state index contributed by atoms with van der Waals surface area (Å²) in [4.78, 5) is 0. The van der Waals surface area contributed by atoms with Crippen molar-refractivity contribution in [3.8, 4) is 0 Å². The van der Waals surface area contributed by atoms with Gasteiger partial charge in [0, 0.05) is 0 Å². The van der Waals surface area contributed by atoms with E-state index in [1.54, 1.807) is 11.1 Å². The molecule has 108 valence electrons. The van der Waals surface area contributed by atoms with Gasteiger partial charge in [-0.25, -0.2) is 0 Å². The van der Waals surface area contributed by atoms with E-state index >= 15 is 0 Å². The lowest BCUT2D eigenvalue weighted by molar-refractivity contribution is 0.317. The average molecular weight is 262 g/mol. The molecule has 2 nitrogen and oxygen atoms in total. The highest BCUT2D eigenvalue weighted by atomic mass is 15.3. The van der Waals surface area contributed by atoms with Gasteiger partial charge in [0.2, 0.25) is 0 Å². The second-order valence-corrected chi connectivity index (χ2v) is 6.99. The Morgan fingerprint density at radius 1 is 1.05 bits per heavy atom. The molecule has 1 N–H and O–H groups in total. The summed E-state index contributed by atoms with van der Waals surface area (Å²) in [6.45, 7) is 11.5. The summed E-state index contributed by atoms with van der Waals surface area (Å²) in [7, 11) is 0. The van der Waals surface area contributed by atoms with Crippen molar-refractivity contribution in [2.24, 2.45) is 22.9 Å². The Hall–Kier alpha value is -0.790. The summed E-state index contributed by atoms with van der Waals surface area (Å²) in [5.74, 6) is 2.35. The molecule has 2 heteroatoms. The maximum atomic E-state index is 4.57. The zero-order valence-corrected chi connectivity index (χ0v) is 13.3. The van der Waals surface area contributed by atoms with Crippen LogP contribution in [0.1, 0.15) is 66.7 Å². The van der Waals surface area contributed by atoms with E-state index in [0.29, 0.717) is 12.0 Å². The largest absolute Gasteiger partial charge is 0.302 e. The Bertz CT molecular complexity index is 377. The number of rotatable bonds is 2. The molecule has 19 heavy (non-hydrogen) atoms. The summed E-state index contributed by atoms with van der Waals surface area (Å²) < 4.78 is 0. The van der Waals surface area contributed by atoms with Crippen LogP contribution in [0.4, 0.5) is 0 Å². The zero-order valence-electron chi connectivity index (χ0n) is 13.3. The summed E-state index contributed by atoms with van der Waals surface area (Å²) >= 11 is 0. The molecule has 1 heterocycles. The fraction of sp³-hybridized carbons (Fsp3) is 0.824. The Balaban J connectivity index is 2.22. The molecule has 0 radical (unpaired) electrons. The third-order valence-corrected chi connectivity index (χ3v) is 4.97. The van der Waals surface area contributed by atoms with E-state index < -0.39 is 0 Å². The van der Waals surface area contributed by atoms with E-state index in [4.69, 9.17) is 0 Å². The molecule has 0 aromatic carbocycles. The van der Waals surface area contributed by atoms with E-state index in [0.717, 1.165) is 11.8 Å². The van der Waals surface area contributed by atoms with Crippen LogP contribution in [-0.2, 0) is 0 Å². The van der Waals surface area contributed by atoms with Crippen LogP contribution in [0.15, 0.2) is 16.2 Å². The molecule has 1 aliphatic heterocycles. The average Bonchev–Trinajstić information content (AvgIpc) is 2.29. The van der Waals surface area contributed by atoms with Gasteiger partial charge in [-0.15, -0.1) is 0 Å². The van der Waals surface area contributed by atoms with Gasteiger partial charge in [-0.1, -0.05) is 27.7 Å². The van der Waals surface area contributed by atoms with Crippen LogP contribution >= 0.6 is 0 Å². The molecule has 2 aliphatic rings. The molecule has 2 atom stereocenters. The molecule has 1 aliphatic carbocycles. The van der Waals surface area contributed by atoms with E-state index in [1.807, 2.05) is 0 Å². The number of hydrogen-bond donors (Lipinski definition) is 1. The minimum absolute atomic E-state index is 0.467. The number of nitrogens with one attached hydrogen (secondary N) is 1. The number of hydrogen-bond acceptors (Lipinski definition) is 2. The fourth-order valence-electron chi connectivity index (χ4n) is 3.63. The topological polar surface area (TPSA) is 24.4 Å². The number of hydrazone groups is 1. The van der Waals surface area contributed by atoms with Crippen molar-refractivity contribution < 1.29 is 0 Å². The van der Waals surface area contributed by atoms with Crippen molar-refractivity contribution in [3.63, 3.8) is 0 Å². The molecular weight excluding hydrogens is 232 g/mol. The van der Waals surface area contributed by atoms with E-state index in [1.165, 1.54) is 37.8 Å². The Morgan fingerprint density at radius 2 is 1.79 bits per heavy atom. The number of allylic oxidation sites excluding steroid dienone is 1. The first kappa shape index (κ1) is 14.6. The Kier molecular flexibility index (Phi) is 4.70. The van der Waals surface area contributed by atoms with Gasteiger partial charge < -0.3 is 5.43 Å². The molecule has 0 saturated heterocycles. The van der Waals surface area contributed by atoms with Gasteiger partial charge >= 0.3 is 0 Å². The van der Waals surface area contributed by atoms with Gasteiger partial charge in [-0.05, 0) is 67.9 Å². The fourth-order valence-corrected chi connectivity index (χ4v) is 3.63. The van der Waals surface area contributed by atoms with Crippen LogP contribution in [0.25, 0.3) is 0 Å². The summed E-state index contributed by atoms with van der Waals surface area (Å²) in [5.41, 5.74) is 7.84. The predicted octanol–water partition coefficient (Wildman–Crippen LogP) is 4.52. The Morgan fingerprint density at radius 3 is 2.42 bits per heavy atom. The van der Waals surface area contributed by atoms with E-state index in [9.17, 15) is 0 Å². The van der Waals surface area contributed by atoms with Gasteiger partial charge in [0.15, 0.2) is 0 Å². The Labute approximate surface area is 118 Å². The quantitative estimate of drug-likeness (QED) is 0.777. The first-order valence-electron chi connectivity index (χ1n) is 8.02.